The molecule has 0 bridgehead atoms. The minimum atomic E-state index is -1.00. The van der Waals surface area contributed by atoms with E-state index < -0.39 is 11.9 Å². The van der Waals surface area contributed by atoms with Gasteiger partial charge in [0.2, 0.25) is 5.91 Å². The highest BCUT2D eigenvalue weighted by Gasteiger charge is 2.17. The van der Waals surface area contributed by atoms with Crippen LogP contribution in [0.15, 0.2) is 11.1 Å². The van der Waals surface area contributed by atoms with Crippen LogP contribution in [0.1, 0.15) is 65.2 Å². The van der Waals surface area contributed by atoms with E-state index in [9.17, 15) is 14.7 Å². The molecule has 104 valence electrons. The Morgan fingerprint density at radius 2 is 1.33 bits per heavy atom. The summed E-state index contributed by atoms with van der Waals surface area (Å²) in [5, 5.41) is 9.18. The van der Waals surface area contributed by atoms with Crippen LogP contribution in [0, 0.1) is 0 Å². The fourth-order valence-corrected chi connectivity index (χ4v) is 1.91. The van der Waals surface area contributed by atoms with Crippen molar-refractivity contribution >= 4 is 11.9 Å². The standard InChI is InChI=1S/C14H25NO3/c1-3-5-7-9-11(13(15)16)12(14(17)18)10-8-6-4-2/h3-10H2,1-2H3,(H2,15,16)(H,17,18)/b12-11-. The van der Waals surface area contributed by atoms with Gasteiger partial charge in [-0.1, -0.05) is 39.5 Å². The molecule has 0 rings (SSSR count). The molecular formula is C14H25NO3. The Balaban J connectivity index is 4.80. The van der Waals surface area contributed by atoms with Gasteiger partial charge in [-0.3, -0.25) is 4.79 Å². The zero-order chi connectivity index (χ0) is 14.0. The summed E-state index contributed by atoms with van der Waals surface area (Å²) >= 11 is 0. The number of hydrogen-bond donors (Lipinski definition) is 2. The van der Waals surface area contributed by atoms with E-state index in [2.05, 4.69) is 13.8 Å². The molecule has 0 spiro atoms. The van der Waals surface area contributed by atoms with Gasteiger partial charge < -0.3 is 10.8 Å². The van der Waals surface area contributed by atoms with Crippen molar-refractivity contribution in [2.24, 2.45) is 5.73 Å². The van der Waals surface area contributed by atoms with Crippen molar-refractivity contribution in [3.63, 3.8) is 0 Å². The van der Waals surface area contributed by atoms with Crippen molar-refractivity contribution < 1.29 is 14.7 Å². The third kappa shape index (κ3) is 6.42. The molecule has 0 saturated heterocycles. The third-order valence-electron chi connectivity index (χ3n) is 2.98. The van der Waals surface area contributed by atoms with Gasteiger partial charge in [-0.05, 0) is 25.7 Å². The van der Waals surface area contributed by atoms with Crippen LogP contribution in [0.25, 0.3) is 0 Å². The van der Waals surface area contributed by atoms with Crippen molar-refractivity contribution in [1.29, 1.82) is 0 Å². The summed E-state index contributed by atoms with van der Waals surface area (Å²) in [5.74, 6) is -1.59. The maximum Gasteiger partial charge on any atom is 0.332 e. The second kappa shape index (κ2) is 9.68. The van der Waals surface area contributed by atoms with Crippen LogP contribution in [0.2, 0.25) is 0 Å². The van der Waals surface area contributed by atoms with E-state index in [1.54, 1.807) is 0 Å². The molecule has 0 radical (unpaired) electrons. The predicted octanol–water partition coefficient (Wildman–Crippen LogP) is 3.01. The van der Waals surface area contributed by atoms with Crippen molar-refractivity contribution in [1.82, 2.24) is 0 Å². The molecule has 0 saturated carbocycles. The van der Waals surface area contributed by atoms with E-state index >= 15 is 0 Å². The molecule has 0 aliphatic carbocycles. The molecular weight excluding hydrogens is 230 g/mol. The fourth-order valence-electron chi connectivity index (χ4n) is 1.91. The maximum absolute atomic E-state index is 11.4. The number of aliphatic carboxylic acids is 1. The molecule has 0 heterocycles. The van der Waals surface area contributed by atoms with Crippen LogP contribution >= 0.6 is 0 Å². The van der Waals surface area contributed by atoms with Crippen LogP contribution in [-0.2, 0) is 9.59 Å². The first-order valence-electron chi connectivity index (χ1n) is 6.79. The number of carbonyl (C=O) groups excluding carboxylic acids is 1. The van der Waals surface area contributed by atoms with Crippen LogP contribution in [0.5, 0.6) is 0 Å². The number of carbonyl (C=O) groups is 2. The first-order valence-corrected chi connectivity index (χ1v) is 6.79. The van der Waals surface area contributed by atoms with Crippen molar-refractivity contribution in [3.05, 3.63) is 11.1 Å². The molecule has 1 amide bonds. The lowest BCUT2D eigenvalue weighted by Gasteiger charge is -2.09. The Hall–Kier alpha value is -1.32. The number of rotatable bonds is 10. The molecule has 0 atom stereocenters. The highest BCUT2D eigenvalue weighted by atomic mass is 16.4. The Kier molecular flexibility index (Phi) is 8.97. The molecule has 4 nitrogen and oxygen atoms in total. The first kappa shape index (κ1) is 16.7. The minimum Gasteiger partial charge on any atom is -0.478 e. The molecule has 0 aromatic rings. The zero-order valence-corrected chi connectivity index (χ0v) is 11.5. The van der Waals surface area contributed by atoms with Crippen molar-refractivity contribution in [3.8, 4) is 0 Å². The molecule has 4 heteroatoms. The quantitative estimate of drug-likeness (QED) is 0.465. The Bertz CT molecular complexity index is 278. The average Bonchev–Trinajstić information content (AvgIpc) is 2.31. The molecule has 0 aliphatic heterocycles. The minimum absolute atomic E-state index is 0.215. The summed E-state index contributed by atoms with van der Waals surface area (Å²) in [7, 11) is 0. The second-order valence-electron chi connectivity index (χ2n) is 4.54. The summed E-state index contributed by atoms with van der Waals surface area (Å²) in [6.07, 6.45) is 6.54. The van der Waals surface area contributed by atoms with E-state index in [4.69, 9.17) is 5.73 Å². The van der Waals surface area contributed by atoms with Gasteiger partial charge in [0.25, 0.3) is 0 Å². The molecule has 0 aromatic heterocycles. The zero-order valence-electron chi connectivity index (χ0n) is 11.5. The average molecular weight is 255 g/mol. The van der Waals surface area contributed by atoms with Crippen molar-refractivity contribution in [2.75, 3.05) is 0 Å². The van der Waals surface area contributed by atoms with Gasteiger partial charge in [0.15, 0.2) is 0 Å². The van der Waals surface area contributed by atoms with E-state index in [-0.39, 0.29) is 5.57 Å². The highest BCUT2D eigenvalue weighted by Crippen LogP contribution is 2.19. The summed E-state index contributed by atoms with van der Waals surface area (Å²) in [6.45, 7) is 4.12. The summed E-state index contributed by atoms with van der Waals surface area (Å²) in [6, 6.07) is 0. The summed E-state index contributed by atoms with van der Waals surface area (Å²) < 4.78 is 0. The van der Waals surface area contributed by atoms with E-state index in [1.807, 2.05) is 0 Å². The molecule has 0 aliphatic rings. The lowest BCUT2D eigenvalue weighted by Crippen LogP contribution is -2.19. The second-order valence-corrected chi connectivity index (χ2v) is 4.54. The van der Waals surface area contributed by atoms with Gasteiger partial charge in [-0.2, -0.15) is 0 Å². The number of carboxylic acid groups (broad SMARTS) is 1. The molecule has 3 N–H and O–H groups in total. The van der Waals surface area contributed by atoms with E-state index in [0.717, 1.165) is 38.5 Å². The van der Waals surface area contributed by atoms with Crippen LogP contribution in [-0.4, -0.2) is 17.0 Å². The molecule has 0 unspecified atom stereocenters. The van der Waals surface area contributed by atoms with Gasteiger partial charge in [-0.25, -0.2) is 4.79 Å². The largest absolute Gasteiger partial charge is 0.478 e. The molecule has 0 aromatic carbocycles. The smallest absolute Gasteiger partial charge is 0.332 e. The number of amides is 1. The molecule has 18 heavy (non-hydrogen) atoms. The van der Waals surface area contributed by atoms with Crippen LogP contribution in [0.4, 0.5) is 0 Å². The number of nitrogens with two attached hydrogens (primary N) is 1. The van der Waals surface area contributed by atoms with Gasteiger partial charge in [0.1, 0.15) is 0 Å². The van der Waals surface area contributed by atoms with Crippen LogP contribution in [0.3, 0.4) is 0 Å². The highest BCUT2D eigenvalue weighted by molar-refractivity contribution is 6.01. The lowest BCUT2D eigenvalue weighted by atomic mass is 9.97. The Morgan fingerprint density at radius 1 is 0.889 bits per heavy atom. The maximum atomic E-state index is 11.4. The third-order valence-corrected chi connectivity index (χ3v) is 2.98. The van der Waals surface area contributed by atoms with E-state index in [1.165, 1.54) is 0 Å². The normalized spacial score (nSPS) is 12.1. The van der Waals surface area contributed by atoms with Gasteiger partial charge in [0.05, 0.1) is 0 Å². The molecule has 0 fully saturated rings. The van der Waals surface area contributed by atoms with Gasteiger partial charge >= 0.3 is 5.97 Å². The Labute approximate surface area is 109 Å². The summed E-state index contributed by atoms with van der Waals surface area (Å²) in [4.78, 5) is 22.6. The lowest BCUT2D eigenvalue weighted by molar-refractivity contribution is -0.133. The number of unbranched alkanes of at least 4 members (excludes halogenated alkanes) is 4. The Morgan fingerprint density at radius 3 is 1.67 bits per heavy atom. The number of carboxylic acids is 1. The van der Waals surface area contributed by atoms with Crippen molar-refractivity contribution in [2.45, 2.75) is 65.2 Å². The number of hydrogen-bond acceptors (Lipinski definition) is 2. The SMILES string of the molecule is CCCCC/C(C(N)=O)=C(\CCCCC)C(=O)O. The topological polar surface area (TPSA) is 80.4 Å². The summed E-state index contributed by atoms with van der Waals surface area (Å²) in [5.41, 5.74) is 5.83. The fraction of sp³-hybridized carbons (Fsp3) is 0.714. The van der Waals surface area contributed by atoms with E-state index in [0.29, 0.717) is 18.4 Å². The monoisotopic (exact) mass is 255 g/mol. The van der Waals surface area contributed by atoms with Crippen LogP contribution < -0.4 is 5.73 Å². The van der Waals surface area contributed by atoms with Gasteiger partial charge in [-0.15, -0.1) is 0 Å². The predicted molar refractivity (Wildman–Crippen MR) is 72.1 cm³/mol. The van der Waals surface area contributed by atoms with Gasteiger partial charge in [0, 0.05) is 11.1 Å². The number of primary amides is 1. The first-order chi connectivity index (χ1) is 8.54.